The van der Waals surface area contributed by atoms with Gasteiger partial charge in [-0.25, -0.2) is 0 Å². The van der Waals surface area contributed by atoms with Crippen LogP contribution >= 0.6 is 0 Å². The van der Waals surface area contributed by atoms with Gasteiger partial charge in [-0.15, -0.1) is 0 Å². The fourth-order valence-corrected chi connectivity index (χ4v) is 1.23. The normalized spacial score (nSPS) is 17.2. The van der Waals surface area contributed by atoms with E-state index in [1.165, 1.54) is 6.92 Å². The topological polar surface area (TPSA) is 26.3 Å². The van der Waals surface area contributed by atoms with Crippen molar-refractivity contribution < 1.29 is 9.53 Å². The largest absolute Gasteiger partial charge is 0.467 e. The second kappa shape index (κ2) is 3.39. The summed E-state index contributed by atoms with van der Waals surface area (Å²) in [6, 6.07) is 0. The van der Waals surface area contributed by atoms with Crippen molar-refractivity contribution in [2.24, 2.45) is 0 Å². The van der Waals surface area contributed by atoms with E-state index >= 15 is 0 Å². The van der Waals surface area contributed by atoms with Gasteiger partial charge in [0.25, 0.3) is 0 Å². The molecular formula is C10H12O2. The first-order valence-electron chi connectivity index (χ1n) is 3.81. The lowest BCUT2D eigenvalue weighted by Gasteiger charge is -2.19. The second-order valence-corrected chi connectivity index (χ2v) is 2.95. The molecule has 1 rings (SSSR count). The van der Waals surface area contributed by atoms with Crippen molar-refractivity contribution in [1.29, 1.82) is 0 Å². The lowest BCUT2D eigenvalue weighted by Crippen LogP contribution is -2.03. The van der Waals surface area contributed by atoms with E-state index in [9.17, 15) is 4.79 Å². The molecule has 2 nitrogen and oxygen atoms in total. The SMILES string of the molecule is C=C1CC(=CC(C)=O)CC(=C)O1. The van der Waals surface area contributed by atoms with Crippen molar-refractivity contribution in [3.63, 3.8) is 0 Å². The smallest absolute Gasteiger partial charge is 0.152 e. The maximum Gasteiger partial charge on any atom is 0.152 e. The minimum Gasteiger partial charge on any atom is -0.467 e. The Morgan fingerprint density at radius 3 is 2.33 bits per heavy atom. The van der Waals surface area contributed by atoms with Crippen LogP contribution in [0.15, 0.2) is 36.3 Å². The molecule has 0 saturated carbocycles. The van der Waals surface area contributed by atoms with Crippen molar-refractivity contribution in [2.75, 3.05) is 0 Å². The lowest BCUT2D eigenvalue weighted by atomic mass is 10.0. The second-order valence-electron chi connectivity index (χ2n) is 2.95. The zero-order chi connectivity index (χ0) is 9.14. The Morgan fingerprint density at radius 2 is 1.92 bits per heavy atom. The Kier molecular flexibility index (Phi) is 2.48. The molecule has 0 spiro atoms. The summed E-state index contributed by atoms with van der Waals surface area (Å²) in [6.07, 6.45) is 2.93. The highest BCUT2D eigenvalue weighted by Crippen LogP contribution is 2.26. The summed E-state index contributed by atoms with van der Waals surface area (Å²) < 4.78 is 5.16. The number of carbonyl (C=O) groups is 1. The highest BCUT2D eigenvalue weighted by molar-refractivity contribution is 5.88. The van der Waals surface area contributed by atoms with Gasteiger partial charge in [-0.1, -0.05) is 18.7 Å². The monoisotopic (exact) mass is 164 g/mol. The number of allylic oxidation sites excluding steroid dienone is 3. The molecule has 64 valence electrons. The van der Waals surface area contributed by atoms with Gasteiger partial charge in [-0.2, -0.15) is 0 Å². The maximum atomic E-state index is 10.7. The molecule has 0 aromatic rings. The molecule has 1 aliphatic rings. The first-order valence-corrected chi connectivity index (χ1v) is 3.81. The van der Waals surface area contributed by atoms with E-state index in [1.807, 2.05) is 0 Å². The van der Waals surface area contributed by atoms with Gasteiger partial charge in [0.05, 0.1) is 0 Å². The van der Waals surface area contributed by atoms with Gasteiger partial charge in [0, 0.05) is 12.8 Å². The van der Waals surface area contributed by atoms with Crippen LogP contribution in [0.4, 0.5) is 0 Å². The highest BCUT2D eigenvalue weighted by Gasteiger charge is 2.13. The average Bonchev–Trinajstić information content (AvgIpc) is 1.81. The van der Waals surface area contributed by atoms with Crippen LogP contribution in [0.2, 0.25) is 0 Å². The number of rotatable bonds is 1. The standard InChI is InChI=1S/C10H12O2/c1-7(11)4-10-5-8(2)12-9(3)6-10/h4H,2-3,5-6H2,1H3. The van der Waals surface area contributed by atoms with Gasteiger partial charge in [-0.3, -0.25) is 4.79 Å². The summed E-state index contributed by atoms with van der Waals surface area (Å²) in [7, 11) is 0. The Bertz CT molecular complexity index is 254. The summed E-state index contributed by atoms with van der Waals surface area (Å²) in [6.45, 7) is 8.91. The Morgan fingerprint density at radius 1 is 1.42 bits per heavy atom. The first-order chi connectivity index (χ1) is 5.58. The Labute approximate surface area is 72.2 Å². The maximum absolute atomic E-state index is 10.7. The van der Waals surface area contributed by atoms with E-state index in [0.717, 1.165) is 5.57 Å². The molecule has 0 amide bonds. The Balaban J connectivity index is 2.74. The van der Waals surface area contributed by atoms with Gasteiger partial charge in [0.1, 0.15) is 11.5 Å². The molecule has 0 radical (unpaired) electrons. The fourth-order valence-electron chi connectivity index (χ4n) is 1.23. The summed E-state index contributed by atoms with van der Waals surface area (Å²) in [4.78, 5) is 10.7. The van der Waals surface area contributed by atoms with E-state index in [1.54, 1.807) is 6.08 Å². The van der Waals surface area contributed by atoms with Gasteiger partial charge >= 0.3 is 0 Å². The van der Waals surface area contributed by atoms with Crippen LogP contribution in [0.1, 0.15) is 19.8 Å². The van der Waals surface area contributed by atoms with Gasteiger partial charge in [0.2, 0.25) is 0 Å². The molecule has 0 unspecified atom stereocenters. The minimum atomic E-state index is 0.0625. The quantitative estimate of drug-likeness (QED) is 0.556. The summed E-state index contributed by atoms with van der Waals surface area (Å²) in [5, 5.41) is 0. The summed E-state index contributed by atoms with van der Waals surface area (Å²) >= 11 is 0. The van der Waals surface area contributed by atoms with Crippen molar-refractivity contribution >= 4 is 5.78 Å². The molecule has 2 heteroatoms. The number of hydrogen-bond acceptors (Lipinski definition) is 2. The third-order valence-corrected chi connectivity index (χ3v) is 1.54. The lowest BCUT2D eigenvalue weighted by molar-refractivity contribution is -0.112. The van der Waals surface area contributed by atoms with Gasteiger partial charge in [-0.05, 0) is 13.0 Å². The van der Waals surface area contributed by atoms with Crippen LogP contribution in [0, 0.1) is 0 Å². The first kappa shape index (κ1) is 8.78. The summed E-state index contributed by atoms with van der Waals surface area (Å²) in [5.74, 6) is 1.39. The average molecular weight is 164 g/mol. The zero-order valence-corrected chi connectivity index (χ0v) is 7.22. The van der Waals surface area contributed by atoms with Gasteiger partial charge < -0.3 is 4.74 Å². The van der Waals surface area contributed by atoms with E-state index in [0.29, 0.717) is 24.4 Å². The zero-order valence-electron chi connectivity index (χ0n) is 7.22. The molecule has 0 atom stereocenters. The minimum absolute atomic E-state index is 0.0625. The van der Waals surface area contributed by atoms with Crippen LogP contribution in [0.25, 0.3) is 0 Å². The van der Waals surface area contributed by atoms with E-state index < -0.39 is 0 Å². The molecule has 1 aliphatic heterocycles. The van der Waals surface area contributed by atoms with Crippen LogP contribution in [-0.4, -0.2) is 5.78 Å². The van der Waals surface area contributed by atoms with E-state index in [2.05, 4.69) is 13.2 Å². The molecule has 12 heavy (non-hydrogen) atoms. The third-order valence-electron chi connectivity index (χ3n) is 1.54. The number of hydrogen-bond donors (Lipinski definition) is 0. The molecular weight excluding hydrogens is 152 g/mol. The van der Waals surface area contributed by atoms with Crippen LogP contribution in [0.5, 0.6) is 0 Å². The van der Waals surface area contributed by atoms with Crippen molar-refractivity contribution in [1.82, 2.24) is 0 Å². The molecule has 1 fully saturated rings. The van der Waals surface area contributed by atoms with E-state index in [4.69, 9.17) is 4.74 Å². The summed E-state index contributed by atoms with van der Waals surface area (Å²) in [5.41, 5.74) is 1.03. The Hall–Kier alpha value is -1.31. The number of ketones is 1. The van der Waals surface area contributed by atoms with Crippen molar-refractivity contribution in [3.05, 3.63) is 36.3 Å². The predicted octanol–water partition coefficient (Wildman–Crippen LogP) is 2.34. The van der Waals surface area contributed by atoms with Crippen molar-refractivity contribution in [2.45, 2.75) is 19.8 Å². The van der Waals surface area contributed by atoms with Crippen molar-refractivity contribution in [3.8, 4) is 0 Å². The number of ether oxygens (including phenoxy) is 1. The molecule has 1 saturated heterocycles. The fraction of sp³-hybridized carbons (Fsp3) is 0.300. The molecule has 0 N–H and O–H groups in total. The third kappa shape index (κ3) is 2.38. The van der Waals surface area contributed by atoms with Crippen LogP contribution < -0.4 is 0 Å². The van der Waals surface area contributed by atoms with Gasteiger partial charge in [0.15, 0.2) is 5.78 Å². The molecule has 0 aliphatic carbocycles. The molecule has 0 aromatic carbocycles. The number of carbonyl (C=O) groups excluding carboxylic acids is 1. The molecule has 0 bridgehead atoms. The van der Waals surface area contributed by atoms with E-state index in [-0.39, 0.29) is 5.78 Å². The van der Waals surface area contributed by atoms with Crippen LogP contribution in [0.3, 0.4) is 0 Å². The molecule has 1 heterocycles. The molecule has 0 aromatic heterocycles. The van der Waals surface area contributed by atoms with Crippen LogP contribution in [-0.2, 0) is 9.53 Å². The predicted molar refractivity (Wildman–Crippen MR) is 47.4 cm³/mol. The highest BCUT2D eigenvalue weighted by atomic mass is 16.5.